The van der Waals surface area contributed by atoms with Crippen molar-refractivity contribution in [3.63, 3.8) is 0 Å². The van der Waals surface area contributed by atoms with Crippen LogP contribution in [-0.4, -0.2) is 31.2 Å². The van der Waals surface area contributed by atoms with Gasteiger partial charge in [0.05, 0.1) is 18.9 Å². The Morgan fingerprint density at radius 1 is 1.17 bits per heavy atom. The molecule has 2 rings (SSSR count). The highest BCUT2D eigenvalue weighted by Crippen LogP contribution is 2.20. The molecule has 0 saturated carbocycles. The lowest BCUT2D eigenvalue weighted by Gasteiger charge is -2.26. The van der Waals surface area contributed by atoms with Crippen LogP contribution in [0.15, 0.2) is 34.3 Å². The first-order chi connectivity index (χ1) is 8.63. The van der Waals surface area contributed by atoms with Crippen molar-refractivity contribution in [1.82, 2.24) is 0 Å². The van der Waals surface area contributed by atoms with Crippen LogP contribution in [0.3, 0.4) is 0 Å². The molecule has 0 bridgehead atoms. The van der Waals surface area contributed by atoms with Gasteiger partial charge in [-0.1, -0.05) is 0 Å². The van der Waals surface area contributed by atoms with E-state index in [9.17, 15) is 0 Å². The van der Waals surface area contributed by atoms with Gasteiger partial charge in [0.15, 0.2) is 5.96 Å². The molecular formula is C11H15N5O2. The van der Waals surface area contributed by atoms with Crippen LogP contribution in [0.2, 0.25) is 0 Å². The molecule has 7 nitrogen and oxygen atoms in total. The van der Waals surface area contributed by atoms with Gasteiger partial charge in [0, 0.05) is 0 Å². The summed E-state index contributed by atoms with van der Waals surface area (Å²) in [5.41, 5.74) is 16.5. The molecule has 1 heterocycles. The third-order valence-corrected chi connectivity index (χ3v) is 2.23. The lowest BCUT2D eigenvalue weighted by Crippen LogP contribution is -2.38. The zero-order valence-corrected chi connectivity index (χ0v) is 9.74. The Labute approximate surface area is 104 Å². The maximum absolute atomic E-state index is 5.60. The summed E-state index contributed by atoms with van der Waals surface area (Å²) in [6.07, 6.45) is 0.144. The molecule has 1 aromatic rings. The lowest BCUT2D eigenvalue weighted by molar-refractivity contribution is -0.0796. The highest BCUT2D eigenvalue weighted by Gasteiger charge is 2.19. The number of guanidine groups is 2. The normalized spacial score (nSPS) is 15.9. The van der Waals surface area contributed by atoms with Crippen molar-refractivity contribution in [3.05, 3.63) is 24.3 Å². The highest BCUT2D eigenvalue weighted by molar-refractivity contribution is 5.93. The van der Waals surface area contributed by atoms with Gasteiger partial charge in [-0.05, 0) is 24.3 Å². The Bertz CT molecular complexity index is 461. The second kappa shape index (κ2) is 5.37. The fourth-order valence-corrected chi connectivity index (χ4v) is 1.36. The number of benzene rings is 1. The van der Waals surface area contributed by atoms with Gasteiger partial charge in [0.25, 0.3) is 0 Å². The van der Waals surface area contributed by atoms with E-state index in [4.69, 9.17) is 26.7 Å². The molecule has 0 aliphatic carbocycles. The summed E-state index contributed by atoms with van der Waals surface area (Å²) >= 11 is 0. The quantitative estimate of drug-likeness (QED) is 0.501. The average Bonchev–Trinajstić information content (AvgIpc) is 2.24. The first-order valence-corrected chi connectivity index (χ1v) is 5.42. The zero-order chi connectivity index (χ0) is 13.0. The molecule has 1 aliphatic rings. The van der Waals surface area contributed by atoms with Crippen molar-refractivity contribution in [3.8, 4) is 5.75 Å². The topological polar surface area (TPSA) is 121 Å². The summed E-state index contributed by atoms with van der Waals surface area (Å²) in [5.74, 6) is 0.653. The van der Waals surface area contributed by atoms with E-state index in [2.05, 4.69) is 9.98 Å². The maximum atomic E-state index is 5.60. The Kier molecular flexibility index (Phi) is 3.63. The fourth-order valence-electron chi connectivity index (χ4n) is 1.36. The van der Waals surface area contributed by atoms with E-state index in [1.165, 1.54) is 0 Å². The van der Waals surface area contributed by atoms with Gasteiger partial charge in [-0.15, -0.1) is 0 Å². The molecule has 0 spiro atoms. The van der Waals surface area contributed by atoms with Crippen LogP contribution in [0.4, 0.5) is 5.69 Å². The molecule has 1 aromatic carbocycles. The van der Waals surface area contributed by atoms with E-state index >= 15 is 0 Å². The molecule has 6 N–H and O–H groups in total. The number of nitrogens with two attached hydrogens (primary N) is 3. The molecule has 1 fully saturated rings. The van der Waals surface area contributed by atoms with Gasteiger partial charge in [-0.25, -0.2) is 4.99 Å². The van der Waals surface area contributed by atoms with E-state index < -0.39 is 0 Å². The summed E-state index contributed by atoms with van der Waals surface area (Å²) < 4.78 is 10.6. The number of rotatable bonds is 3. The third kappa shape index (κ3) is 3.36. The Morgan fingerprint density at radius 2 is 1.83 bits per heavy atom. The smallest absolute Gasteiger partial charge is 0.223 e. The Balaban J connectivity index is 2.00. The largest absolute Gasteiger partial charge is 0.486 e. The van der Waals surface area contributed by atoms with Crippen molar-refractivity contribution >= 4 is 17.6 Å². The van der Waals surface area contributed by atoms with Crippen molar-refractivity contribution in [2.24, 2.45) is 27.2 Å². The van der Waals surface area contributed by atoms with Gasteiger partial charge in [-0.2, -0.15) is 4.99 Å². The zero-order valence-electron chi connectivity index (χ0n) is 9.74. The molecular weight excluding hydrogens is 234 g/mol. The summed E-state index contributed by atoms with van der Waals surface area (Å²) in [7, 11) is 0. The van der Waals surface area contributed by atoms with E-state index in [0.29, 0.717) is 18.9 Å². The molecule has 7 heteroatoms. The van der Waals surface area contributed by atoms with Gasteiger partial charge in [0.1, 0.15) is 11.9 Å². The molecule has 0 amide bonds. The first-order valence-electron chi connectivity index (χ1n) is 5.42. The minimum absolute atomic E-state index is 0.0102. The number of hydrogen-bond acceptors (Lipinski definition) is 3. The molecule has 96 valence electrons. The number of aliphatic imine (C=N–C) groups is 2. The van der Waals surface area contributed by atoms with Crippen molar-refractivity contribution < 1.29 is 9.47 Å². The monoisotopic (exact) mass is 249 g/mol. The number of nitrogens with zero attached hydrogens (tertiary/aromatic N) is 2. The molecule has 1 saturated heterocycles. The summed E-state index contributed by atoms with van der Waals surface area (Å²) in [6.45, 7) is 1.27. The average molecular weight is 249 g/mol. The standard InChI is InChI=1S/C11H15N5O2/c12-10(13)16-11(14)15-7-1-3-8(4-2-7)18-9-5-17-6-9/h1-4,9H,5-6H2,(H6,12,13,14,15,16). The van der Waals surface area contributed by atoms with E-state index in [0.717, 1.165) is 5.75 Å². The van der Waals surface area contributed by atoms with E-state index in [1.807, 2.05) is 0 Å². The minimum atomic E-state index is -0.124. The van der Waals surface area contributed by atoms with Gasteiger partial charge < -0.3 is 26.7 Å². The lowest BCUT2D eigenvalue weighted by atomic mass is 10.3. The molecule has 0 aromatic heterocycles. The SMILES string of the molecule is NC(N)=NC(N)=Nc1ccc(OC2COC2)cc1. The molecule has 1 aliphatic heterocycles. The Hall–Kier alpha value is -2.28. The Morgan fingerprint density at radius 3 is 2.33 bits per heavy atom. The van der Waals surface area contributed by atoms with Gasteiger partial charge in [0.2, 0.25) is 5.96 Å². The second-order valence-corrected chi connectivity index (χ2v) is 3.78. The molecule has 18 heavy (non-hydrogen) atoms. The summed E-state index contributed by atoms with van der Waals surface area (Å²) in [4.78, 5) is 7.64. The number of ether oxygens (including phenoxy) is 2. The van der Waals surface area contributed by atoms with Crippen molar-refractivity contribution in [2.45, 2.75) is 6.10 Å². The van der Waals surface area contributed by atoms with Crippen molar-refractivity contribution in [2.75, 3.05) is 13.2 Å². The van der Waals surface area contributed by atoms with Gasteiger partial charge in [-0.3, -0.25) is 0 Å². The van der Waals surface area contributed by atoms with E-state index in [1.54, 1.807) is 24.3 Å². The molecule has 0 unspecified atom stereocenters. The summed E-state index contributed by atoms with van der Waals surface area (Å²) in [5, 5.41) is 0. The molecule has 0 radical (unpaired) electrons. The summed E-state index contributed by atoms with van der Waals surface area (Å²) in [6, 6.07) is 7.15. The van der Waals surface area contributed by atoms with Crippen molar-refractivity contribution in [1.29, 1.82) is 0 Å². The number of hydrogen-bond donors (Lipinski definition) is 3. The predicted octanol–water partition coefficient (Wildman–Crippen LogP) is -0.316. The van der Waals surface area contributed by atoms with Crippen LogP contribution in [0.5, 0.6) is 5.75 Å². The van der Waals surface area contributed by atoms with Crippen LogP contribution in [0.25, 0.3) is 0 Å². The van der Waals surface area contributed by atoms with Crippen LogP contribution in [0, 0.1) is 0 Å². The van der Waals surface area contributed by atoms with Crippen LogP contribution in [0.1, 0.15) is 0 Å². The van der Waals surface area contributed by atoms with Gasteiger partial charge >= 0.3 is 0 Å². The first kappa shape index (κ1) is 12.2. The van der Waals surface area contributed by atoms with Crippen LogP contribution in [-0.2, 0) is 4.74 Å². The highest BCUT2D eigenvalue weighted by atomic mass is 16.6. The third-order valence-electron chi connectivity index (χ3n) is 2.23. The minimum Gasteiger partial charge on any atom is -0.486 e. The van der Waals surface area contributed by atoms with E-state index in [-0.39, 0.29) is 18.0 Å². The fraction of sp³-hybridized carbons (Fsp3) is 0.273. The maximum Gasteiger partial charge on any atom is 0.223 e. The van der Waals surface area contributed by atoms with Crippen LogP contribution < -0.4 is 21.9 Å². The van der Waals surface area contributed by atoms with Crippen LogP contribution >= 0.6 is 0 Å². The second-order valence-electron chi connectivity index (χ2n) is 3.78. The predicted molar refractivity (Wildman–Crippen MR) is 68.8 cm³/mol. The molecule has 0 atom stereocenters.